The zero-order valence-corrected chi connectivity index (χ0v) is 9.86. The van der Waals surface area contributed by atoms with Crippen molar-refractivity contribution in [2.45, 2.75) is 12.5 Å². The number of rotatable bonds is 5. The van der Waals surface area contributed by atoms with E-state index in [9.17, 15) is 14.4 Å². The minimum Gasteiger partial charge on any atom is -0.480 e. The molecule has 1 atom stereocenters. The number of esters is 1. The van der Waals surface area contributed by atoms with Crippen molar-refractivity contribution in [2.24, 2.45) is 0 Å². The second-order valence-electron chi connectivity index (χ2n) is 3.24. The highest BCUT2D eigenvalue weighted by atomic mass is 16.5. The standard InChI is InChI=1S/C9H11N5O5/c1-19-6(15)4-5(7(16)17)12-9(18)13-8-10-2-3-11-14-8/h2-3,5H,4H2,1H3,(H,16,17)(H2,10,12,13,14,18)/t5-/m0/s1. The van der Waals surface area contributed by atoms with E-state index in [0.717, 1.165) is 7.11 Å². The summed E-state index contributed by atoms with van der Waals surface area (Å²) >= 11 is 0. The van der Waals surface area contributed by atoms with Gasteiger partial charge in [-0.15, -0.1) is 5.10 Å². The van der Waals surface area contributed by atoms with Gasteiger partial charge in [-0.25, -0.2) is 14.6 Å². The average molecular weight is 269 g/mol. The molecule has 0 fully saturated rings. The molecule has 1 rings (SSSR count). The lowest BCUT2D eigenvalue weighted by molar-refractivity contribution is -0.147. The third kappa shape index (κ3) is 4.93. The van der Waals surface area contributed by atoms with Gasteiger partial charge < -0.3 is 15.2 Å². The van der Waals surface area contributed by atoms with Crippen molar-refractivity contribution in [3.63, 3.8) is 0 Å². The van der Waals surface area contributed by atoms with Crippen LogP contribution in [0.25, 0.3) is 0 Å². The minimum atomic E-state index is -1.41. The minimum absolute atomic E-state index is 0.0952. The Morgan fingerprint density at radius 2 is 2.16 bits per heavy atom. The molecule has 0 saturated heterocycles. The van der Waals surface area contributed by atoms with Crippen LogP contribution in [0.15, 0.2) is 12.4 Å². The average Bonchev–Trinajstić information content (AvgIpc) is 2.38. The Kier molecular flexibility index (Phi) is 5.14. The summed E-state index contributed by atoms with van der Waals surface area (Å²) in [5.41, 5.74) is 0. The predicted octanol–water partition coefficient (Wildman–Crippen LogP) is -0.991. The van der Waals surface area contributed by atoms with E-state index in [4.69, 9.17) is 5.11 Å². The maximum atomic E-state index is 11.5. The maximum Gasteiger partial charge on any atom is 0.326 e. The lowest BCUT2D eigenvalue weighted by atomic mass is 10.2. The van der Waals surface area contributed by atoms with E-state index in [1.165, 1.54) is 12.4 Å². The fraction of sp³-hybridized carbons (Fsp3) is 0.333. The van der Waals surface area contributed by atoms with Crippen molar-refractivity contribution in [1.29, 1.82) is 0 Å². The third-order valence-corrected chi connectivity index (χ3v) is 1.91. The van der Waals surface area contributed by atoms with Gasteiger partial charge in [-0.2, -0.15) is 5.10 Å². The first-order valence-electron chi connectivity index (χ1n) is 5.03. The molecule has 0 aliphatic carbocycles. The van der Waals surface area contributed by atoms with Crippen molar-refractivity contribution in [3.8, 4) is 0 Å². The number of hydrogen-bond donors (Lipinski definition) is 3. The summed E-state index contributed by atoms with van der Waals surface area (Å²) in [6, 6.07) is -2.28. The Hall–Kier alpha value is -2.78. The topological polar surface area (TPSA) is 143 Å². The normalized spacial score (nSPS) is 11.2. The summed E-state index contributed by atoms with van der Waals surface area (Å²) < 4.78 is 4.32. The van der Waals surface area contributed by atoms with Gasteiger partial charge in [0, 0.05) is 0 Å². The van der Waals surface area contributed by atoms with Gasteiger partial charge in [0.15, 0.2) is 0 Å². The first-order valence-corrected chi connectivity index (χ1v) is 5.03. The van der Waals surface area contributed by atoms with Crippen LogP contribution in [0.2, 0.25) is 0 Å². The van der Waals surface area contributed by atoms with Crippen LogP contribution in [0.5, 0.6) is 0 Å². The van der Waals surface area contributed by atoms with Crippen LogP contribution in [0.4, 0.5) is 10.7 Å². The number of ether oxygens (including phenoxy) is 1. The van der Waals surface area contributed by atoms with Crippen LogP contribution in [-0.2, 0) is 14.3 Å². The van der Waals surface area contributed by atoms with Crippen molar-refractivity contribution >= 4 is 23.9 Å². The highest BCUT2D eigenvalue weighted by Crippen LogP contribution is 1.97. The smallest absolute Gasteiger partial charge is 0.326 e. The van der Waals surface area contributed by atoms with Crippen molar-refractivity contribution in [3.05, 3.63) is 12.4 Å². The molecule has 0 aromatic carbocycles. The van der Waals surface area contributed by atoms with Crippen molar-refractivity contribution in [1.82, 2.24) is 20.5 Å². The Balaban J connectivity index is 2.57. The zero-order valence-electron chi connectivity index (χ0n) is 9.86. The van der Waals surface area contributed by atoms with E-state index in [0.29, 0.717) is 0 Å². The molecule has 1 heterocycles. The number of carbonyl (C=O) groups excluding carboxylic acids is 2. The van der Waals surface area contributed by atoms with Gasteiger partial charge in [-0.05, 0) is 0 Å². The summed E-state index contributed by atoms with van der Waals surface area (Å²) in [6.07, 6.45) is 2.11. The highest BCUT2D eigenvalue weighted by molar-refractivity contribution is 5.92. The number of nitrogens with zero attached hydrogens (tertiary/aromatic N) is 3. The number of carboxylic acid groups (broad SMARTS) is 1. The van der Waals surface area contributed by atoms with Crippen LogP contribution in [-0.4, -0.2) is 51.4 Å². The number of aromatic nitrogens is 3. The largest absolute Gasteiger partial charge is 0.480 e. The van der Waals surface area contributed by atoms with E-state index in [1.807, 2.05) is 0 Å². The van der Waals surface area contributed by atoms with Gasteiger partial charge in [0.25, 0.3) is 5.95 Å². The number of methoxy groups -OCH3 is 1. The lowest BCUT2D eigenvalue weighted by Crippen LogP contribution is -2.44. The summed E-state index contributed by atoms with van der Waals surface area (Å²) in [4.78, 5) is 36.9. The predicted molar refractivity (Wildman–Crippen MR) is 60.0 cm³/mol. The molecule has 3 N–H and O–H groups in total. The van der Waals surface area contributed by atoms with Gasteiger partial charge >= 0.3 is 18.0 Å². The molecule has 0 bridgehead atoms. The number of urea groups is 1. The van der Waals surface area contributed by atoms with Gasteiger partial charge in [0.05, 0.1) is 25.9 Å². The molecule has 0 aliphatic heterocycles. The van der Waals surface area contributed by atoms with Crippen LogP contribution < -0.4 is 10.6 Å². The Morgan fingerprint density at radius 1 is 1.42 bits per heavy atom. The summed E-state index contributed by atoms with van der Waals surface area (Å²) in [5.74, 6) is -2.22. The van der Waals surface area contributed by atoms with Crippen LogP contribution in [0.1, 0.15) is 6.42 Å². The van der Waals surface area contributed by atoms with E-state index >= 15 is 0 Å². The van der Waals surface area contributed by atoms with Crippen molar-refractivity contribution in [2.75, 3.05) is 12.4 Å². The molecule has 0 saturated carbocycles. The van der Waals surface area contributed by atoms with Crippen LogP contribution in [0, 0.1) is 0 Å². The van der Waals surface area contributed by atoms with Gasteiger partial charge in [0.1, 0.15) is 6.04 Å². The molecule has 0 aliphatic rings. The highest BCUT2D eigenvalue weighted by Gasteiger charge is 2.23. The quantitative estimate of drug-likeness (QED) is 0.578. The maximum absolute atomic E-state index is 11.5. The molecule has 19 heavy (non-hydrogen) atoms. The van der Waals surface area contributed by atoms with E-state index in [-0.39, 0.29) is 5.95 Å². The van der Waals surface area contributed by atoms with Crippen LogP contribution in [0.3, 0.4) is 0 Å². The Labute approximate surface area is 107 Å². The fourth-order valence-electron chi connectivity index (χ4n) is 1.05. The number of carbonyl (C=O) groups is 3. The second-order valence-corrected chi connectivity index (χ2v) is 3.24. The molecular formula is C9H11N5O5. The van der Waals surface area contributed by atoms with Gasteiger partial charge in [-0.1, -0.05) is 0 Å². The van der Waals surface area contributed by atoms with E-state index in [2.05, 4.69) is 30.6 Å². The second kappa shape index (κ2) is 6.83. The Bertz CT molecular complexity index is 465. The molecule has 0 unspecified atom stereocenters. The Morgan fingerprint density at radius 3 is 2.68 bits per heavy atom. The summed E-state index contributed by atoms with van der Waals surface area (Å²) in [7, 11) is 1.12. The molecular weight excluding hydrogens is 258 g/mol. The first kappa shape index (κ1) is 14.3. The molecule has 10 heteroatoms. The van der Waals surface area contributed by atoms with Gasteiger partial charge in [-0.3, -0.25) is 10.1 Å². The molecule has 0 spiro atoms. The molecule has 1 aromatic rings. The van der Waals surface area contributed by atoms with E-state index < -0.39 is 30.4 Å². The molecule has 2 amide bonds. The fourth-order valence-corrected chi connectivity index (χ4v) is 1.05. The summed E-state index contributed by atoms with van der Waals surface area (Å²) in [6.45, 7) is 0. The summed E-state index contributed by atoms with van der Waals surface area (Å²) in [5, 5.41) is 20.0. The molecule has 1 aromatic heterocycles. The van der Waals surface area contributed by atoms with Crippen LogP contribution >= 0.6 is 0 Å². The third-order valence-electron chi connectivity index (χ3n) is 1.91. The van der Waals surface area contributed by atoms with Gasteiger partial charge in [0.2, 0.25) is 0 Å². The first-order chi connectivity index (χ1) is 9.02. The number of hydrogen-bond acceptors (Lipinski definition) is 7. The number of anilines is 1. The molecule has 0 radical (unpaired) electrons. The number of amides is 2. The zero-order chi connectivity index (χ0) is 14.3. The lowest BCUT2D eigenvalue weighted by Gasteiger charge is -2.13. The van der Waals surface area contributed by atoms with Crippen molar-refractivity contribution < 1.29 is 24.2 Å². The van der Waals surface area contributed by atoms with E-state index in [1.54, 1.807) is 0 Å². The monoisotopic (exact) mass is 269 g/mol. The molecule has 10 nitrogen and oxygen atoms in total. The number of aliphatic carboxylic acids is 1. The SMILES string of the molecule is COC(=O)C[C@H](NC(=O)Nc1nccnn1)C(=O)O. The molecule has 102 valence electrons. The number of carboxylic acids is 1. The number of nitrogens with one attached hydrogen (secondary N) is 2.